The number of aliphatic carboxylic acids is 2. The Balaban J connectivity index is 0.00000124. The van der Waals surface area contributed by atoms with Crippen LogP contribution >= 0.6 is 0 Å². The van der Waals surface area contributed by atoms with E-state index in [2.05, 4.69) is 62.4 Å². The van der Waals surface area contributed by atoms with Crippen molar-refractivity contribution in [3.05, 3.63) is 71.8 Å². The third kappa shape index (κ3) is 40.6. The quantitative estimate of drug-likeness (QED) is 0.0358. The Kier molecular flexibility index (Phi) is 42.8. The average Bonchev–Trinajstić information content (AvgIpc) is 3.27. The summed E-state index contributed by atoms with van der Waals surface area (Å²) >= 11 is 0. The first-order chi connectivity index (χ1) is 31.0. The van der Waals surface area contributed by atoms with Gasteiger partial charge >= 0.3 is 60.8 Å². The summed E-state index contributed by atoms with van der Waals surface area (Å²) in [5.74, 6) is -2.88. The van der Waals surface area contributed by atoms with Crippen molar-refractivity contribution in [1.82, 2.24) is 0 Å². The molecular formula is C54H86BaO10. The summed E-state index contributed by atoms with van der Waals surface area (Å²) in [5.41, 5.74) is 2.48. The van der Waals surface area contributed by atoms with Crippen LogP contribution in [0.4, 0.5) is 0 Å². The number of esters is 2. The fraction of sp³-hybridized carbons (Fsp3) is 0.704. The predicted molar refractivity (Wildman–Crippen MR) is 258 cm³/mol. The van der Waals surface area contributed by atoms with Gasteiger partial charge in [0.25, 0.3) is 0 Å². The van der Waals surface area contributed by atoms with Gasteiger partial charge in [-0.05, 0) is 88.2 Å². The van der Waals surface area contributed by atoms with Crippen LogP contribution < -0.4 is 10.2 Å². The fourth-order valence-corrected chi connectivity index (χ4v) is 8.00. The molecule has 0 bridgehead atoms. The molecule has 4 atom stereocenters. The topological polar surface area (TPSA) is 151 Å². The van der Waals surface area contributed by atoms with Crippen molar-refractivity contribution in [2.45, 2.75) is 245 Å². The summed E-state index contributed by atoms with van der Waals surface area (Å²) in [6.07, 6.45) is 27.9. The van der Waals surface area contributed by atoms with Crippen LogP contribution in [0.15, 0.2) is 60.7 Å². The van der Waals surface area contributed by atoms with Crippen molar-refractivity contribution in [3.63, 3.8) is 0 Å². The molecule has 0 aliphatic heterocycles. The Morgan fingerprint density at radius 2 is 0.692 bits per heavy atom. The molecule has 0 aliphatic rings. The molecule has 10 nitrogen and oxygen atoms in total. The summed E-state index contributed by atoms with van der Waals surface area (Å²) in [6, 6.07) is 20.8. The van der Waals surface area contributed by atoms with Crippen molar-refractivity contribution in [3.8, 4) is 0 Å². The van der Waals surface area contributed by atoms with Gasteiger partial charge in [0.15, 0.2) is 0 Å². The van der Waals surface area contributed by atoms with Crippen molar-refractivity contribution >= 4 is 72.8 Å². The van der Waals surface area contributed by atoms with Crippen LogP contribution in [0.25, 0.3) is 0 Å². The van der Waals surface area contributed by atoms with Crippen LogP contribution in [0.1, 0.15) is 219 Å². The number of carboxylic acid groups (broad SMARTS) is 2. The maximum atomic E-state index is 11.1. The Hall–Kier alpha value is -2.19. The molecule has 0 spiro atoms. The van der Waals surface area contributed by atoms with Gasteiger partial charge in [0.2, 0.25) is 0 Å². The number of hydrogen-bond acceptors (Lipinski definition) is 10. The van der Waals surface area contributed by atoms with Crippen LogP contribution in [0.2, 0.25) is 0 Å². The second-order valence-corrected chi connectivity index (χ2v) is 17.5. The molecule has 0 saturated heterocycles. The largest absolute Gasteiger partial charge is 2.00 e. The summed E-state index contributed by atoms with van der Waals surface area (Å²) in [5, 5.41) is 21.2. The SMILES string of the molecule is CCCC(CCCCCCCCCCC(CCC(=O)[O-])OC(C)=O)OCc1ccccc1.CCCC(CCCCCCCCCCC(CCC(=O)[O-])OC(C)=O)OCc1ccccc1.[Ba+2]. The average molecular weight is 1030 g/mol. The minimum atomic E-state index is -1.09. The predicted octanol–water partition coefficient (Wildman–Crippen LogP) is 11.1. The second kappa shape index (κ2) is 44.3. The van der Waals surface area contributed by atoms with Crippen LogP contribution in [-0.2, 0) is 51.3 Å². The molecule has 4 unspecified atom stereocenters. The molecule has 2 rings (SSSR count). The number of carboxylic acids is 2. The molecule has 0 heterocycles. The zero-order valence-corrected chi connectivity index (χ0v) is 45.5. The van der Waals surface area contributed by atoms with Crippen molar-refractivity contribution in [2.75, 3.05) is 0 Å². The molecule has 2 aromatic carbocycles. The molecule has 0 saturated carbocycles. The van der Waals surface area contributed by atoms with E-state index in [0.717, 1.165) is 77.0 Å². The van der Waals surface area contributed by atoms with E-state index < -0.39 is 11.9 Å². The van der Waals surface area contributed by atoms with Gasteiger partial charge in [-0.15, -0.1) is 0 Å². The van der Waals surface area contributed by atoms with E-state index in [-0.39, 0.29) is 85.9 Å². The second-order valence-electron chi connectivity index (χ2n) is 17.5. The maximum Gasteiger partial charge on any atom is 2.00 e. The Morgan fingerprint density at radius 1 is 0.415 bits per heavy atom. The molecular weight excluding hydrogens is 946 g/mol. The number of ether oxygens (including phenoxy) is 4. The van der Waals surface area contributed by atoms with Gasteiger partial charge in [0.1, 0.15) is 12.2 Å². The van der Waals surface area contributed by atoms with Crippen LogP contribution in [-0.4, -0.2) is 97.2 Å². The molecule has 65 heavy (non-hydrogen) atoms. The first-order valence-corrected chi connectivity index (χ1v) is 25.1. The number of hydrogen-bond donors (Lipinski definition) is 0. The molecule has 0 fully saturated rings. The molecule has 0 N–H and O–H groups in total. The molecule has 0 aromatic heterocycles. The number of carbonyl (C=O) groups excluding carboxylic acids is 4. The van der Waals surface area contributed by atoms with E-state index in [1.54, 1.807) is 0 Å². The molecule has 0 aliphatic carbocycles. The van der Waals surface area contributed by atoms with Gasteiger partial charge in [-0.2, -0.15) is 0 Å². The van der Waals surface area contributed by atoms with E-state index in [0.29, 0.717) is 38.3 Å². The zero-order chi connectivity index (χ0) is 46.9. The van der Waals surface area contributed by atoms with Crippen molar-refractivity contribution in [2.24, 2.45) is 0 Å². The van der Waals surface area contributed by atoms with Crippen molar-refractivity contribution < 1.29 is 48.3 Å². The number of rotatable bonds is 40. The summed E-state index contributed by atoms with van der Waals surface area (Å²) in [6.45, 7) is 8.58. The first kappa shape index (κ1) is 62.8. The smallest absolute Gasteiger partial charge is 0.550 e. The Morgan fingerprint density at radius 3 is 0.954 bits per heavy atom. The summed E-state index contributed by atoms with van der Waals surface area (Å²) in [7, 11) is 0. The van der Waals surface area contributed by atoms with Crippen LogP contribution in [0.3, 0.4) is 0 Å². The van der Waals surface area contributed by atoms with Crippen molar-refractivity contribution in [1.29, 1.82) is 0 Å². The third-order valence-corrected chi connectivity index (χ3v) is 11.5. The van der Waals surface area contributed by atoms with E-state index in [1.165, 1.54) is 102 Å². The Bertz CT molecular complexity index is 1320. The molecule has 0 radical (unpaired) electrons. The zero-order valence-electron chi connectivity index (χ0n) is 41.1. The van der Waals surface area contributed by atoms with E-state index in [1.807, 2.05) is 12.1 Å². The summed E-state index contributed by atoms with van der Waals surface area (Å²) in [4.78, 5) is 43.5. The molecule has 11 heteroatoms. The molecule has 364 valence electrons. The normalized spacial score (nSPS) is 12.7. The van der Waals surface area contributed by atoms with Gasteiger partial charge in [-0.25, -0.2) is 0 Å². The monoisotopic (exact) mass is 1030 g/mol. The minimum Gasteiger partial charge on any atom is -0.550 e. The third-order valence-electron chi connectivity index (χ3n) is 11.5. The van der Waals surface area contributed by atoms with Crippen LogP contribution in [0.5, 0.6) is 0 Å². The first-order valence-electron chi connectivity index (χ1n) is 25.1. The molecule has 2 aromatic rings. The molecule has 0 amide bonds. The summed E-state index contributed by atoms with van der Waals surface area (Å²) < 4.78 is 22.7. The standard InChI is InChI=1S/2C27H44O5.Ba/c2*1-3-15-25(31-22-24-16-11-10-12-17-24)18-13-8-6-4-5-7-9-14-19-26(32-23(2)28)20-21-27(29)30;/h2*10-12,16-17,25-26H,3-9,13-15,18-22H2,1-2H3,(H,29,30);/q;;+2/p-2. The minimum absolute atomic E-state index is 0. The van der Waals surface area contributed by atoms with Gasteiger partial charge in [0, 0.05) is 25.8 Å². The number of carbonyl (C=O) groups is 4. The maximum absolute atomic E-state index is 11.1. The van der Waals surface area contributed by atoms with Gasteiger partial charge < -0.3 is 38.7 Å². The fourth-order valence-electron chi connectivity index (χ4n) is 8.00. The number of benzene rings is 2. The van der Waals surface area contributed by atoms with E-state index >= 15 is 0 Å². The Labute approximate surface area is 434 Å². The van der Waals surface area contributed by atoms with E-state index in [9.17, 15) is 29.4 Å². The number of unbranched alkanes of at least 4 members (excludes halogenated alkanes) is 14. The van der Waals surface area contributed by atoms with Crippen LogP contribution in [0, 0.1) is 0 Å². The van der Waals surface area contributed by atoms with Gasteiger partial charge in [-0.3, -0.25) is 9.59 Å². The van der Waals surface area contributed by atoms with E-state index in [4.69, 9.17) is 18.9 Å². The van der Waals surface area contributed by atoms with Gasteiger partial charge in [-0.1, -0.05) is 177 Å². The van der Waals surface area contributed by atoms with Gasteiger partial charge in [0.05, 0.1) is 25.4 Å².